The van der Waals surface area contributed by atoms with E-state index in [0.29, 0.717) is 36.2 Å². The van der Waals surface area contributed by atoms with Gasteiger partial charge in [0.2, 0.25) is 0 Å². The summed E-state index contributed by atoms with van der Waals surface area (Å²) in [6.07, 6.45) is 15.9. The molecule has 0 spiro atoms. The van der Waals surface area contributed by atoms with Gasteiger partial charge in [0.05, 0.1) is 19.4 Å². The monoisotopic (exact) mass is 710 g/mol. The Morgan fingerprint density at radius 1 is 0.824 bits per heavy atom. The number of hydrogen-bond acceptors (Lipinski definition) is 5. The quantitative estimate of drug-likeness (QED) is 0.189. The van der Waals surface area contributed by atoms with Gasteiger partial charge < -0.3 is 19.5 Å². The van der Waals surface area contributed by atoms with Crippen LogP contribution in [0.1, 0.15) is 158 Å². The van der Waals surface area contributed by atoms with Crippen LogP contribution in [0.3, 0.4) is 0 Å². The molecule has 10 atom stereocenters. The van der Waals surface area contributed by atoms with Gasteiger partial charge in [-0.3, -0.25) is 9.59 Å². The molecule has 0 aromatic rings. The Morgan fingerprint density at radius 3 is 2.20 bits per heavy atom. The molecule has 1 saturated heterocycles. The molecule has 0 bridgehead atoms. The molecule has 7 heteroatoms. The number of esters is 1. The first-order valence-corrected chi connectivity index (χ1v) is 20.8. The van der Waals surface area contributed by atoms with E-state index in [4.69, 9.17) is 9.47 Å². The van der Waals surface area contributed by atoms with Crippen molar-refractivity contribution in [2.75, 3.05) is 19.7 Å². The van der Waals surface area contributed by atoms with Crippen LogP contribution < -0.4 is 0 Å². The molecule has 6 aliphatic rings. The molecule has 6 rings (SSSR count). The topological polar surface area (TPSA) is 93.1 Å². The summed E-state index contributed by atoms with van der Waals surface area (Å²) >= 11 is 0. The van der Waals surface area contributed by atoms with E-state index in [9.17, 15) is 19.5 Å². The van der Waals surface area contributed by atoms with Crippen LogP contribution in [-0.2, 0) is 19.1 Å². The first-order chi connectivity index (χ1) is 23.8. The molecule has 288 valence electrons. The minimum absolute atomic E-state index is 0.0435. The molecule has 0 unspecified atom stereocenters. The first-order valence-electron chi connectivity index (χ1n) is 20.8. The van der Waals surface area contributed by atoms with E-state index in [1.54, 1.807) is 0 Å². The van der Waals surface area contributed by atoms with Crippen molar-refractivity contribution in [3.8, 4) is 0 Å². The van der Waals surface area contributed by atoms with Crippen molar-refractivity contribution < 1.29 is 29.0 Å². The van der Waals surface area contributed by atoms with Gasteiger partial charge in [-0.15, -0.1) is 0 Å². The Labute approximate surface area is 309 Å². The van der Waals surface area contributed by atoms with Gasteiger partial charge in [-0.25, -0.2) is 4.79 Å². The summed E-state index contributed by atoms with van der Waals surface area (Å²) in [7, 11) is 0. The van der Waals surface area contributed by atoms with Crippen LogP contribution in [0.4, 0.5) is 4.79 Å². The normalized spacial score (nSPS) is 41.7. The summed E-state index contributed by atoms with van der Waals surface area (Å²) in [5.74, 6) is 1.75. The highest BCUT2D eigenvalue weighted by atomic mass is 16.6. The number of amides is 1. The van der Waals surface area contributed by atoms with Crippen LogP contribution in [0, 0.1) is 62.1 Å². The molecule has 7 nitrogen and oxygen atoms in total. The maximum absolute atomic E-state index is 13.2. The molecule has 0 radical (unpaired) electrons. The fourth-order valence-corrected chi connectivity index (χ4v) is 14.5. The summed E-state index contributed by atoms with van der Waals surface area (Å²) < 4.78 is 12.3. The number of ether oxygens (including phenoxy) is 2. The zero-order valence-corrected chi connectivity index (χ0v) is 33.5. The van der Waals surface area contributed by atoms with E-state index in [-0.39, 0.29) is 58.1 Å². The van der Waals surface area contributed by atoms with Crippen molar-refractivity contribution in [1.29, 1.82) is 0 Å². The van der Waals surface area contributed by atoms with E-state index in [2.05, 4.69) is 48.1 Å². The molecule has 1 amide bonds. The maximum atomic E-state index is 13.2. The second kappa shape index (κ2) is 13.7. The van der Waals surface area contributed by atoms with E-state index in [1.807, 2.05) is 18.7 Å². The van der Waals surface area contributed by atoms with Crippen molar-refractivity contribution in [2.45, 2.75) is 164 Å². The predicted molar refractivity (Wildman–Crippen MR) is 201 cm³/mol. The maximum Gasteiger partial charge on any atom is 0.409 e. The highest BCUT2D eigenvalue weighted by molar-refractivity contribution is 5.73. The van der Waals surface area contributed by atoms with E-state index in [1.165, 1.54) is 56.9 Å². The molecule has 5 aliphatic carbocycles. The van der Waals surface area contributed by atoms with Gasteiger partial charge in [-0.1, -0.05) is 60.6 Å². The average molecular weight is 710 g/mol. The molecular weight excluding hydrogens is 638 g/mol. The second-order valence-corrected chi connectivity index (χ2v) is 20.7. The smallest absolute Gasteiger partial charge is 0.409 e. The van der Waals surface area contributed by atoms with Crippen LogP contribution in [0.5, 0.6) is 0 Å². The van der Waals surface area contributed by atoms with Crippen LogP contribution in [0.15, 0.2) is 12.2 Å². The molecule has 51 heavy (non-hydrogen) atoms. The highest BCUT2D eigenvalue weighted by Crippen LogP contribution is 2.78. The molecule has 5 saturated carbocycles. The van der Waals surface area contributed by atoms with Gasteiger partial charge in [0.1, 0.15) is 6.10 Å². The minimum atomic E-state index is -0.879. The Balaban J connectivity index is 1.19. The minimum Gasteiger partial charge on any atom is -0.481 e. The van der Waals surface area contributed by atoms with Crippen molar-refractivity contribution >= 4 is 18.0 Å². The van der Waals surface area contributed by atoms with Gasteiger partial charge in [0.15, 0.2) is 0 Å². The number of carbonyl (C=O) groups excluding carboxylic acids is 2. The molecule has 0 aromatic heterocycles. The third-order valence-electron chi connectivity index (χ3n) is 17.1. The van der Waals surface area contributed by atoms with Crippen molar-refractivity contribution in [3.63, 3.8) is 0 Å². The summed E-state index contributed by atoms with van der Waals surface area (Å²) in [5, 5.41) is 9.34. The number of carbonyl (C=O) groups is 3. The molecular formula is C44H71NO6. The Kier molecular flexibility index (Phi) is 10.4. The molecule has 1 heterocycles. The Morgan fingerprint density at radius 2 is 1.53 bits per heavy atom. The number of carboxylic acid groups (broad SMARTS) is 1. The number of aliphatic carboxylic acids is 1. The lowest BCUT2D eigenvalue weighted by molar-refractivity contribution is -0.251. The van der Waals surface area contributed by atoms with E-state index < -0.39 is 11.4 Å². The van der Waals surface area contributed by atoms with Gasteiger partial charge in [-0.05, 0) is 153 Å². The largest absolute Gasteiger partial charge is 0.481 e. The molecule has 6 fully saturated rings. The highest BCUT2D eigenvalue weighted by Gasteiger charge is 2.71. The van der Waals surface area contributed by atoms with E-state index >= 15 is 0 Å². The lowest BCUT2D eigenvalue weighted by atomic mass is 9.32. The summed E-state index contributed by atoms with van der Waals surface area (Å²) in [6.45, 7) is 25.4. The van der Waals surface area contributed by atoms with Gasteiger partial charge in [-0.2, -0.15) is 0 Å². The Bertz CT molecular complexity index is 1360. The van der Waals surface area contributed by atoms with Gasteiger partial charge >= 0.3 is 18.0 Å². The summed E-state index contributed by atoms with van der Waals surface area (Å²) in [6, 6.07) is 0. The number of carboxylic acids is 1. The van der Waals surface area contributed by atoms with Crippen LogP contribution >= 0.6 is 0 Å². The molecule has 1 aliphatic heterocycles. The Hall–Kier alpha value is -2.05. The van der Waals surface area contributed by atoms with Gasteiger partial charge in [0.25, 0.3) is 0 Å². The molecule has 0 aromatic carbocycles. The molecule has 1 N–H and O–H groups in total. The zero-order chi connectivity index (χ0) is 37.2. The zero-order valence-electron chi connectivity index (χ0n) is 33.5. The third-order valence-corrected chi connectivity index (χ3v) is 17.1. The lowest BCUT2D eigenvalue weighted by Gasteiger charge is -2.73. The fraction of sp³-hybridized carbons (Fsp3) is 0.886. The lowest BCUT2D eigenvalue weighted by Crippen LogP contribution is -2.66. The standard InChI is InChI=1S/C44H71NO6/c1-29(2)30-15-20-44(23-26-50-38(49)45-24-11-10-12-25-45)22-21-42(8)31(37(30)44)13-14-33-41(7)18-17-34(40(5,6)32(41)16-19-43(33,42)9)51-36(48)28-39(3,4)27-35(46)47/h30-34,37H,1,10-28H2,2-9H3,(H,46,47)/t30-,31+,32-,33+,34-,37+,41-,42+,43+,44+/m0/s1. The second-order valence-electron chi connectivity index (χ2n) is 20.7. The third kappa shape index (κ3) is 6.59. The number of likely N-dealkylation sites (tertiary alicyclic amines) is 1. The van der Waals surface area contributed by atoms with E-state index in [0.717, 1.165) is 51.6 Å². The number of rotatable bonds is 9. The van der Waals surface area contributed by atoms with Crippen LogP contribution in [-0.4, -0.2) is 53.8 Å². The SMILES string of the molecule is C=C(C)[C@@H]1CC[C@]2(CCOC(=O)N3CCCCC3)CC[C@]3(C)[C@H](CC[C@@H]4[C@@]5(C)CC[C@H](OC(=O)CC(C)(C)CC(=O)O)C(C)(C)[C@@H]5CC[C@]43C)[C@@H]12. The number of allylic oxidation sites excluding steroid dienone is 1. The summed E-state index contributed by atoms with van der Waals surface area (Å²) in [4.78, 5) is 39.5. The predicted octanol–water partition coefficient (Wildman–Crippen LogP) is 10.5. The number of hydrogen-bond donors (Lipinski definition) is 1. The van der Waals surface area contributed by atoms with Crippen molar-refractivity contribution in [2.24, 2.45) is 62.1 Å². The number of nitrogens with zero attached hydrogens (tertiary/aromatic N) is 1. The number of piperidine rings is 1. The van der Waals surface area contributed by atoms with Crippen LogP contribution in [0.25, 0.3) is 0 Å². The van der Waals surface area contributed by atoms with Crippen molar-refractivity contribution in [1.82, 2.24) is 4.90 Å². The summed E-state index contributed by atoms with van der Waals surface area (Å²) in [5.41, 5.74) is 1.44. The number of fused-ring (bicyclic) bond motifs is 7. The fourth-order valence-electron chi connectivity index (χ4n) is 14.5. The van der Waals surface area contributed by atoms with Crippen molar-refractivity contribution in [3.05, 3.63) is 12.2 Å². The average Bonchev–Trinajstić information content (AvgIpc) is 3.42. The first kappa shape index (κ1) is 38.7. The van der Waals surface area contributed by atoms with Gasteiger partial charge in [0, 0.05) is 18.5 Å². The van der Waals surface area contributed by atoms with Crippen LogP contribution in [0.2, 0.25) is 0 Å².